The summed E-state index contributed by atoms with van der Waals surface area (Å²) < 4.78 is 10.9. The summed E-state index contributed by atoms with van der Waals surface area (Å²) in [5, 5.41) is 0. The van der Waals surface area contributed by atoms with Crippen LogP contribution in [0.25, 0.3) is 6.08 Å². The molecule has 0 bridgehead atoms. The zero-order chi connectivity index (χ0) is 16.7. The number of ketones is 1. The monoisotopic (exact) mass is 374 g/mol. The minimum Gasteiger partial charge on any atom is -0.497 e. The summed E-state index contributed by atoms with van der Waals surface area (Å²) in [6.07, 6.45) is 2.91. The lowest BCUT2D eigenvalue weighted by atomic mass is 10.1. The highest BCUT2D eigenvalue weighted by atomic mass is 79.9. The zero-order valence-electron chi connectivity index (χ0n) is 12.5. The average Bonchev–Trinajstić information content (AvgIpc) is 2.59. The van der Waals surface area contributed by atoms with E-state index < -0.39 is 5.97 Å². The molecule has 118 valence electrons. The Kier molecular flexibility index (Phi) is 6.11. The third-order valence-corrected chi connectivity index (χ3v) is 3.57. The number of halogens is 1. The molecule has 2 aromatic rings. The van der Waals surface area contributed by atoms with Gasteiger partial charge < -0.3 is 9.47 Å². The van der Waals surface area contributed by atoms with Gasteiger partial charge in [-0.15, -0.1) is 0 Å². The van der Waals surface area contributed by atoms with Crippen molar-refractivity contribution in [3.8, 4) is 5.75 Å². The first-order valence-electron chi connectivity index (χ1n) is 6.86. The molecule has 23 heavy (non-hydrogen) atoms. The highest BCUT2D eigenvalue weighted by molar-refractivity contribution is 9.10. The number of carbonyl (C=O) groups is 2. The SMILES string of the molecule is COc1ccc(/C=C/C(=O)OCC(=O)c2ccc(Br)cc2)cc1. The quantitative estimate of drug-likeness (QED) is 0.437. The maximum absolute atomic E-state index is 11.9. The minimum atomic E-state index is -0.564. The second kappa shape index (κ2) is 8.29. The second-order valence-electron chi connectivity index (χ2n) is 4.64. The molecule has 0 spiro atoms. The van der Waals surface area contributed by atoms with E-state index in [4.69, 9.17) is 9.47 Å². The van der Waals surface area contributed by atoms with Gasteiger partial charge in [-0.3, -0.25) is 4.79 Å². The van der Waals surface area contributed by atoms with E-state index in [0.717, 1.165) is 15.8 Å². The van der Waals surface area contributed by atoms with E-state index >= 15 is 0 Å². The molecule has 0 unspecified atom stereocenters. The van der Waals surface area contributed by atoms with Gasteiger partial charge in [0.15, 0.2) is 12.4 Å². The molecular formula is C18H15BrO4. The number of carbonyl (C=O) groups excluding carboxylic acids is 2. The standard InChI is InChI=1S/C18H15BrO4/c1-22-16-9-2-13(3-10-16)4-11-18(21)23-12-17(20)14-5-7-15(19)8-6-14/h2-11H,12H2,1H3/b11-4+. The Hall–Kier alpha value is -2.40. The molecule has 0 aromatic heterocycles. The van der Waals surface area contributed by atoms with Gasteiger partial charge in [-0.25, -0.2) is 4.79 Å². The Morgan fingerprint density at radius 2 is 1.70 bits per heavy atom. The fourth-order valence-electron chi connectivity index (χ4n) is 1.78. The van der Waals surface area contributed by atoms with Gasteiger partial charge >= 0.3 is 5.97 Å². The summed E-state index contributed by atoms with van der Waals surface area (Å²) in [6.45, 7) is -0.284. The van der Waals surface area contributed by atoms with Crippen LogP contribution in [-0.2, 0) is 9.53 Å². The topological polar surface area (TPSA) is 52.6 Å². The molecule has 5 heteroatoms. The van der Waals surface area contributed by atoms with Crippen molar-refractivity contribution in [1.29, 1.82) is 0 Å². The fraction of sp³-hybridized carbons (Fsp3) is 0.111. The number of esters is 1. The van der Waals surface area contributed by atoms with Crippen LogP contribution < -0.4 is 4.74 Å². The molecule has 0 N–H and O–H groups in total. The highest BCUT2D eigenvalue weighted by Gasteiger charge is 2.08. The maximum Gasteiger partial charge on any atom is 0.331 e. The van der Waals surface area contributed by atoms with E-state index in [2.05, 4.69) is 15.9 Å². The number of benzene rings is 2. The Morgan fingerprint density at radius 3 is 2.30 bits per heavy atom. The molecule has 0 amide bonds. The van der Waals surface area contributed by atoms with Crippen LogP contribution in [0.2, 0.25) is 0 Å². The first kappa shape index (κ1) is 17.0. The van der Waals surface area contributed by atoms with Crippen LogP contribution in [0.4, 0.5) is 0 Å². The summed E-state index contributed by atoms with van der Waals surface area (Å²) in [5.74, 6) is -0.0696. The van der Waals surface area contributed by atoms with Crippen molar-refractivity contribution < 1.29 is 19.1 Å². The van der Waals surface area contributed by atoms with Crippen LogP contribution in [-0.4, -0.2) is 25.5 Å². The van der Waals surface area contributed by atoms with Crippen LogP contribution in [0.5, 0.6) is 5.75 Å². The van der Waals surface area contributed by atoms with Crippen molar-refractivity contribution in [2.75, 3.05) is 13.7 Å². The largest absolute Gasteiger partial charge is 0.497 e. The van der Waals surface area contributed by atoms with Gasteiger partial charge in [-0.05, 0) is 35.9 Å². The number of hydrogen-bond donors (Lipinski definition) is 0. The fourth-order valence-corrected chi connectivity index (χ4v) is 2.05. The van der Waals surface area contributed by atoms with E-state index in [0.29, 0.717) is 5.56 Å². The summed E-state index contributed by atoms with van der Waals surface area (Å²) in [7, 11) is 1.59. The van der Waals surface area contributed by atoms with E-state index in [1.807, 2.05) is 12.1 Å². The van der Waals surface area contributed by atoms with E-state index in [1.54, 1.807) is 49.6 Å². The lowest BCUT2D eigenvalue weighted by Crippen LogP contribution is -2.12. The third kappa shape index (κ3) is 5.38. The molecule has 2 aromatic carbocycles. The van der Waals surface area contributed by atoms with E-state index in [1.165, 1.54) is 6.08 Å². The molecular weight excluding hydrogens is 360 g/mol. The third-order valence-electron chi connectivity index (χ3n) is 3.04. The molecule has 2 rings (SSSR count). The van der Waals surface area contributed by atoms with Crippen LogP contribution in [0.3, 0.4) is 0 Å². The Bertz CT molecular complexity index is 703. The van der Waals surface area contributed by atoms with E-state index in [9.17, 15) is 9.59 Å². The molecule has 0 atom stereocenters. The lowest BCUT2D eigenvalue weighted by molar-refractivity contribution is -0.136. The Balaban J connectivity index is 1.85. The molecule has 0 aliphatic carbocycles. The summed E-state index contributed by atoms with van der Waals surface area (Å²) in [5.41, 5.74) is 1.34. The first-order valence-corrected chi connectivity index (χ1v) is 7.65. The number of Topliss-reactive ketones (excluding diaryl/α,β-unsaturated/α-hetero) is 1. The van der Waals surface area contributed by atoms with Crippen LogP contribution in [0, 0.1) is 0 Å². The molecule has 0 heterocycles. The highest BCUT2D eigenvalue weighted by Crippen LogP contribution is 2.13. The van der Waals surface area contributed by atoms with Crippen LogP contribution >= 0.6 is 15.9 Å². The maximum atomic E-state index is 11.9. The van der Waals surface area contributed by atoms with Crippen LogP contribution in [0.15, 0.2) is 59.1 Å². The number of hydrogen-bond acceptors (Lipinski definition) is 4. The van der Waals surface area contributed by atoms with Crippen molar-refractivity contribution in [2.24, 2.45) is 0 Å². The van der Waals surface area contributed by atoms with Crippen molar-refractivity contribution in [3.63, 3.8) is 0 Å². The van der Waals surface area contributed by atoms with Crippen molar-refractivity contribution in [3.05, 3.63) is 70.2 Å². The first-order chi connectivity index (χ1) is 11.1. The second-order valence-corrected chi connectivity index (χ2v) is 5.56. The van der Waals surface area contributed by atoms with Gasteiger partial charge in [0, 0.05) is 16.1 Å². The van der Waals surface area contributed by atoms with Gasteiger partial charge in [0.05, 0.1) is 7.11 Å². The van der Waals surface area contributed by atoms with Crippen LogP contribution in [0.1, 0.15) is 15.9 Å². The zero-order valence-corrected chi connectivity index (χ0v) is 14.1. The number of methoxy groups -OCH3 is 1. The smallest absolute Gasteiger partial charge is 0.331 e. The summed E-state index contributed by atoms with van der Waals surface area (Å²) in [6, 6.07) is 14.1. The van der Waals surface area contributed by atoms with Gasteiger partial charge in [-0.1, -0.05) is 40.2 Å². The van der Waals surface area contributed by atoms with Crippen molar-refractivity contribution in [1.82, 2.24) is 0 Å². The van der Waals surface area contributed by atoms with Gasteiger partial charge in [-0.2, -0.15) is 0 Å². The minimum absolute atomic E-state index is 0.247. The molecule has 0 saturated heterocycles. The molecule has 0 aliphatic heterocycles. The van der Waals surface area contributed by atoms with Gasteiger partial charge in [0.2, 0.25) is 0 Å². The van der Waals surface area contributed by atoms with Crippen molar-refractivity contribution >= 4 is 33.8 Å². The molecule has 0 saturated carbocycles. The Morgan fingerprint density at radius 1 is 1.04 bits per heavy atom. The molecule has 0 radical (unpaired) electrons. The summed E-state index contributed by atoms with van der Waals surface area (Å²) >= 11 is 3.29. The predicted molar refractivity (Wildman–Crippen MR) is 91.5 cm³/mol. The summed E-state index contributed by atoms with van der Waals surface area (Å²) in [4.78, 5) is 23.5. The number of ether oxygens (including phenoxy) is 2. The molecule has 0 aliphatic rings. The molecule has 0 fully saturated rings. The van der Waals surface area contributed by atoms with E-state index in [-0.39, 0.29) is 12.4 Å². The van der Waals surface area contributed by atoms with Crippen molar-refractivity contribution in [2.45, 2.75) is 0 Å². The normalized spacial score (nSPS) is 10.5. The lowest BCUT2D eigenvalue weighted by Gasteiger charge is -2.02. The number of rotatable bonds is 6. The van der Waals surface area contributed by atoms with Gasteiger partial charge in [0.25, 0.3) is 0 Å². The molecule has 4 nitrogen and oxygen atoms in total. The average molecular weight is 375 g/mol. The Labute approximate surface area is 142 Å². The predicted octanol–water partition coefficient (Wildman–Crippen LogP) is 3.90. The van der Waals surface area contributed by atoms with Gasteiger partial charge in [0.1, 0.15) is 5.75 Å².